The number of halogens is 1. The number of nitrogen functional groups attached to an aromatic ring is 1. The van der Waals surface area contributed by atoms with Crippen LogP contribution < -0.4 is 10.6 Å². The van der Waals surface area contributed by atoms with Gasteiger partial charge in [0.25, 0.3) is 0 Å². The predicted octanol–water partition coefficient (Wildman–Crippen LogP) is 3.49. The molecule has 1 aliphatic heterocycles. The molecule has 0 radical (unpaired) electrons. The van der Waals surface area contributed by atoms with E-state index < -0.39 is 0 Å². The van der Waals surface area contributed by atoms with Crippen LogP contribution in [-0.4, -0.2) is 18.4 Å². The van der Waals surface area contributed by atoms with E-state index >= 15 is 0 Å². The van der Waals surface area contributed by atoms with Gasteiger partial charge in [0.15, 0.2) is 0 Å². The van der Waals surface area contributed by atoms with Gasteiger partial charge in [-0.15, -0.1) is 0 Å². The zero-order valence-corrected chi connectivity index (χ0v) is 12.5. The van der Waals surface area contributed by atoms with Crippen molar-refractivity contribution in [3.63, 3.8) is 0 Å². The highest BCUT2D eigenvalue weighted by atomic mass is 35.5. The molecule has 3 N–H and O–H groups in total. The molecule has 1 aromatic rings. The normalized spacial score (nSPS) is 27.4. The highest BCUT2D eigenvalue weighted by Crippen LogP contribution is 2.34. The van der Waals surface area contributed by atoms with Crippen molar-refractivity contribution in [3.05, 3.63) is 28.8 Å². The van der Waals surface area contributed by atoms with Gasteiger partial charge < -0.3 is 10.6 Å². The van der Waals surface area contributed by atoms with Crippen molar-refractivity contribution in [2.45, 2.75) is 33.2 Å². The van der Waals surface area contributed by atoms with Crippen LogP contribution in [-0.2, 0) is 0 Å². The third kappa shape index (κ3) is 2.86. The second-order valence-corrected chi connectivity index (χ2v) is 6.22. The van der Waals surface area contributed by atoms with Crippen LogP contribution in [0.25, 0.3) is 0 Å². The third-order valence-electron chi connectivity index (χ3n) is 4.16. The number of hydrogen-bond donors (Lipinski definition) is 2. The molecule has 1 fully saturated rings. The molecule has 1 saturated heterocycles. The molecule has 0 bridgehead atoms. The molecule has 3 nitrogen and oxygen atoms in total. The summed E-state index contributed by atoms with van der Waals surface area (Å²) in [5, 5.41) is 8.43. The van der Waals surface area contributed by atoms with E-state index in [0.29, 0.717) is 22.9 Å². The minimum absolute atomic E-state index is 0.102. The Morgan fingerprint density at radius 3 is 2.68 bits per heavy atom. The van der Waals surface area contributed by atoms with E-state index in [1.165, 1.54) is 6.42 Å². The third-order valence-corrected chi connectivity index (χ3v) is 4.39. The average Bonchev–Trinajstić information content (AvgIpc) is 2.33. The molecule has 0 spiro atoms. The van der Waals surface area contributed by atoms with Gasteiger partial charge in [0.1, 0.15) is 5.84 Å². The Balaban J connectivity index is 2.44. The Kier molecular flexibility index (Phi) is 4.04. The van der Waals surface area contributed by atoms with E-state index in [1.807, 2.05) is 12.1 Å². The summed E-state index contributed by atoms with van der Waals surface area (Å²) in [5.74, 6) is 1.37. The predicted molar refractivity (Wildman–Crippen MR) is 82.2 cm³/mol. The molecule has 3 atom stereocenters. The Morgan fingerprint density at radius 2 is 2.05 bits per heavy atom. The lowest BCUT2D eigenvalue weighted by molar-refractivity contribution is 0.297. The standard InChI is InChI=1S/C15H22ClN3/c1-9-6-10(2)11(3)19(8-9)14-7-12(16)4-5-13(14)15(17)18/h4-5,7,9-11H,6,8H2,1-3H3,(H3,17,18). The molecule has 4 heteroatoms. The first-order valence-electron chi connectivity index (χ1n) is 6.80. The smallest absolute Gasteiger partial charge is 0.124 e. The maximum absolute atomic E-state index is 7.74. The first kappa shape index (κ1) is 14.2. The van der Waals surface area contributed by atoms with E-state index in [1.54, 1.807) is 6.07 Å². The number of anilines is 1. The molecular weight excluding hydrogens is 258 g/mol. The van der Waals surface area contributed by atoms with Gasteiger partial charge in [-0.1, -0.05) is 25.4 Å². The molecule has 0 aliphatic carbocycles. The van der Waals surface area contributed by atoms with Crippen LogP contribution in [0.2, 0.25) is 5.02 Å². The summed E-state index contributed by atoms with van der Waals surface area (Å²) in [7, 11) is 0. The van der Waals surface area contributed by atoms with Gasteiger partial charge in [0, 0.05) is 28.9 Å². The van der Waals surface area contributed by atoms with E-state index in [2.05, 4.69) is 25.7 Å². The van der Waals surface area contributed by atoms with Crippen molar-refractivity contribution in [2.24, 2.45) is 17.6 Å². The molecule has 19 heavy (non-hydrogen) atoms. The summed E-state index contributed by atoms with van der Waals surface area (Å²) in [6.07, 6.45) is 1.24. The summed E-state index contributed by atoms with van der Waals surface area (Å²) in [5.41, 5.74) is 7.47. The van der Waals surface area contributed by atoms with Crippen molar-refractivity contribution >= 4 is 23.1 Å². The molecule has 1 aliphatic rings. The molecule has 3 unspecified atom stereocenters. The molecule has 2 rings (SSSR count). The first-order chi connectivity index (χ1) is 8.90. The van der Waals surface area contributed by atoms with E-state index in [-0.39, 0.29) is 5.84 Å². The first-order valence-corrected chi connectivity index (χ1v) is 7.18. The van der Waals surface area contributed by atoms with E-state index in [0.717, 1.165) is 17.8 Å². The van der Waals surface area contributed by atoms with Crippen molar-refractivity contribution in [2.75, 3.05) is 11.4 Å². The topological polar surface area (TPSA) is 53.1 Å². The Hall–Kier alpha value is -1.22. The molecule has 1 heterocycles. The number of nitrogens with zero attached hydrogens (tertiary/aromatic N) is 1. The largest absolute Gasteiger partial charge is 0.384 e. The molecule has 104 valence electrons. The van der Waals surface area contributed by atoms with Gasteiger partial charge in [-0.3, -0.25) is 5.41 Å². The molecule has 1 aromatic carbocycles. The van der Waals surface area contributed by atoms with Crippen LogP contribution in [0, 0.1) is 17.2 Å². The number of amidine groups is 1. The Bertz CT molecular complexity index is 486. The number of hydrogen-bond acceptors (Lipinski definition) is 2. The van der Waals surface area contributed by atoms with Gasteiger partial charge in [-0.2, -0.15) is 0 Å². The number of nitrogens with two attached hydrogens (primary N) is 1. The number of benzene rings is 1. The molecular formula is C15H22ClN3. The molecule has 0 amide bonds. The average molecular weight is 280 g/mol. The zero-order chi connectivity index (χ0) is 14.2. The highest BCUT2D eigenvalue weighted by Gasteiger charge is 2.30. The fourth-order valence-corrected chi connectivity index (χ4v) is 3.17. The maximum atomic E-state index is 7.74. The van der Waals surface area contributed by atoms with E-state index in [9.17, 15) is 0 Å². The summed E-state index contributed by atoms with van der Waals surface area (Å²) < 4.78 is 0. The lowest BCUT2D eigenvalue weighted by atomic mass is 9.85. The Labute approximate surface area is 120 Å². The second-order valence-electron chi connectivity index (χ2n) is 5.79. The lowest BCUT2D eigenvalue weighted by Crippen LogP contribution is -2.46. The quantitative estimate of drug-likeness (QED) is 0.643. The van der Waals surface area contributed by atoms with Crippen molar-refractivity contribution in [1.29, 1.82) is 5.41 Å². The minimum Gasteiger partial charge on any atom is -0.384 e. The molecule has 0 saturated carbocycles. The zero-order valence-electron chi connectivity index (χ0n) is 11.8. The number of piperidine rings is 1. The van der Waals surface area contributed by atoms with Crippen LogP contribution in [0.4, 0.5) is 5.69 Å². The van der Waals surface area contributed by atoms with E-state index in [4.69, 9.17) is 22.7 Å². The van der Waals surface area contributed by atoms with Gasteiger partial charge >= 0.3 is 0 Å². The summed E-state index contributed by atoms with van der Waals surface area (Å²) in [6, 6.07) is 6.01. The van der Waals surface area contributed by atoms with Crippen molar-refractivity contribution in [3.8, 4) is 0 Å². The maximum Gasteiger partial charge on any atom is 0.124 e. The summed E-state index contributed by atoms with van der Waals surface area (Å²) >= 11 is 6.12. The summed E-state index contributed by atoms with van der Waals surface area (Å²) in [6.45, 7) is 7.78. The second kappa shape index (κ2) is 5.41. The summed E-state index contributed by atoms with van der Waals surface area (Å²) in [4.78, 5) is 2.35. The molecule has 0 aromatic heterocycles. The van der Waals surface area contributed by atoms with Crippen LogP contribution >= 0.6 is 11.6 Å². The van der Waals surface area contributed by atoms with Gasteiger partial charge in [-0.05, 0) is 43.4 Å². The monoisotopic (exact) mass is 279 g/mol. The van der Waals surface area contributed by atoms with Gasteiger partial charge in [-0.25, -0.2) is 0 Å². The van der Waals surface area contributed by atoms with Crippen LogP contribution in [0.15, 0.2) is 18.2 Å². The lowest BCUT2D eigenvalue weighted by Gasteiger charge is -2.43. The SMILES string of the molecule is CC1CC(C)C(C)N(c2cc(Cl)ccc2C(=N)N)C1. The Morgan fingerprint density at radius 1 is 1.37 bits per heavy atom. The highest BCUT2D eigenvalue weighted by molar-refractivity contribution is 6.31. The van der Waals surface area contributed by atoms with Crippen LogP contribution in [0.3, 0.4) is 0 Å². The van der Waals surface area contributed by atoms with Crippen LogP contribution in [0.5, 0.6) is 0 Å². The van der Waals surface area contributed by atoms with Crippen LogP contribution in [0.1, 0.15) is 32.8 Å². The van der Waals surface area contributed by atoms with Gasteiger partial charge in [0.2, 0.25) is 0 Å². The van der Waals surface area contributed by atoms with Crippen molar-refractivity contribution in [1.82, 2.24) is 0 Å². The van der Waals surface area contributed by atoms with Crippen molar-refractivity contribution < 1.29 is 0 Å². The van der Waals surface area contributed by atoms with Gasteiger partial charge in [0.05, 0.1) is 0 Å². The minimum atomic E-state index is 0.102. The fraction of sp³-hybridized carbons (Fsp3) is 0.533. The number of rotatable bonds is 2. The fourth-order valence-electron chi connectivity index (χ4n) is 3.00. The number of nitrogens with one attached hydrogen (secondary N) is 1.